The molecule has 0 radical (unpaired) electrons. The molecule has 0 saturated carbocycles. The van der Waals surface area contributed by atoms with Crippen molar-refractivity contribution in [2.75, 3.05) is 6.21 Å². The first-order valence-corrected chi connectivity index (χ1v) is 3.23. The highest BCUT2D eigenvalue weighted by molar-refractivity contribution is 7.98. The Hall–Kier alpha value is -0.430. The molecule has 42 valence electrons. The van der Waals surface area contributed by atoms with Crippen molar-refractivity contribution in [3.05, 3.63) is 30.3 Å². The van der Waals surface area contributed by atoms with Crippen molar-refractivity contribution in [3.63, 3.8) is 0 Å². The third-order valence-electron chi connectivity index (χ3n) is 0.879. The molecule has 0 fully saturated rings. The number of rotatable bonds is 1. The quantitative estimate of drug-likeness (QED) is 0.521. The minimum Gasteiger partial charge on any atom is -0.130 e. The summed E-state index contributed by atoms with van der Waals surface area (Å²) in [5.74, 6) is 0. The zero-order valence-corrected chi connectivity index (χ0v) is 5.19. The van der Waals surface area contributed by atoms with Crippen molar-refractivity contribution in [3.8, 4) is 0 Å². The summed E-state index contributed by atoms with van der Waals surface area (Å²) in [5.41, 5.74) is 0. The molecule has 0 bridgehead atoms. The van der Waals surface area contributed by atoms with E-state index >= 15 is 0 Å². The molecule has 0 atom stereocenters. The Morgan fingerprint density at radius 3 is 2.75 bits per heavy atom. The van der Waals surface area contributed by atoms with E-state index in [0.29, 0.717) is 0 Å². The van der Waals surface area contributed by atoms with Gasteiger partial charge in [-0.3, -0.25) is 0 Å². The first kappa shape index (κ1) is 3.57. The Bertz CT molecular complexity index is 186. The predicted molar refractivity (Wildman–Crippen MR) is 38.2 cm³/mol. The summed E-state index contributed by atoms with van der Waals surface area (Å²) in [4.78, 5) is 0.984. The van der Waals surface area contributed by atoms with Crippen LogP contribution in [0.5, 0.6) is 0 Å². The third kappa shape index (κ3) is 1.27. The van der Waals surface area contributed by atoms with E-state index in [4.69, 9.17) is 2.74 Å². The normalized spacial score (nSPS) is 13.1. The van der Waals surface area contributed by atoms with Crippen LogP contribution in [-0.4, -0.2) is 6.21 Å². The van der Waals surface area contributed by atoms with Gasteiger partial charge in [0.2, 0.25) is 0 Å². The molecule has 0 aromatic heterocycles. The fourth-order valence-corrected chi connectivity index (χ4v) is 0.813. The summed E-state index contributed by atoms with van der Waals surface area (Å²) in [6, 6.07) is 9.55. The maximum atomic E-state index is 6.94. The van der Waals surface area contributed by atoms with Crippen LogP contribution in [0, 0.1) is 0 Å². The van der Waals surface area contributed by atoms with Crippen LogP contribution in [0.25, 0.3) is 0 Å². The smallest absolute Gasteiger partial charge is 0.0348 e. The lowest BCUT2D eigenvalue weighted by molar-refractivity contribution is 1.47. The molecule has 1 aromatic rings. The summed E-state index contributed by atoms with van der Waals surface area (Å²) in [5, 5.41) is 0. The Morgan fingerprint density at radius 1 is 1.38 bits per heavy atom. The van der Waals surface area contributed by atoms with Crippen molar-refractivity contribution < 1.29 is 2.74 Å². The van der Waals surface area contributed by atoms with Gasteiger partial charge in [-0.25, -0.2) is 0 Å². The van der Waals surface area contributed by atoms with Crippen LogP contribution in [0.2, 0.25) is 0 Å². The van der Waals surface area contributed by atoms with Gasteiger partial charge in [0.25, 0.3) is 0 Å². The van der Waals surface area contributed by atoms with Gasteiger partial charge < -0.3 is 0 Å². The second kappa shape index (κ2) is 2.78. The van der Waals surface area contributed by atoms with Crippen LogP contribution in [0.1, 0.15) is 2.74 Å². The van der Waals surface area contributed by atoms with Gasteiger partial charge in [-0.2, -0.15) is 0 Å². The molecule has 0 aliphatic rings. The Balaban J connectivity index is 2.59. The molecule has 0 saturated heterocycles. The molecule has 0 aliphatic carbocycles. The van der Waals surface area contributed by atoms with E-state index in [0.717, 1.165) is 4.90 Å². The molecule has 1 heteroatoms. The monoisotopic (exact) mass is 126 g/mol. The fourth-order valence-electron chi connectivity index (χ4n) is 0.499. The SMILES string of the molecule is [2H]C([2H])Sc1ccccc1. The van der Waals surface area contributed by atoms with Crippen LogP contribution >= 0.6 is 11.8 Å². The standard InChI is InChI=1S/C7H8S/c1-8-7-5-3-2-4-6-7/h2-6H,1H3/i1D2. The second-order valence-electron chi connectivity index (χ2n) is 1.43. The predicted octanol–water partition coefficient (Wildman–Crippen LogP) is 2.41. The van der Waals surface area contributed by atoms with Gasteiger partial charge in [-0.05, 0) is 18.3 Å². The molecule has 0 nitrogen and oxygen atoms in total. The van der Waals surface area contributed by atoms with Crippen molar-refractivity contribution in [2.24, 2.45) is 0 Å². The molecular formula is C7H8S. The highest BCUT2D eigenvalue weighted by Gasteiger charge is 1.80. The second-order valence-corrected chi connectivity index (χ2v) is 2.14. The van der Waals surface area contributed by atoms with E-state index in [1.165, 1.54) is 11.8 Å². The molecule has 8 heavy (non-hydrogen) atoms. The molecule has 0 heterocycles. The zero-order chi connectivity index (χ0) is 7.40. The topological polar surface area (TPSA) is 0 Å². The number of benzene rings is 1. The van der Waals surface area contributed by atoms with E-state index in [1.807, 2.05) is 30.3 Å². The molecular weight excluding hydrogens is 116 g/mol. The van der Waals surface area contributed by atoms with Crippen LogP contribution in [0.15, 0.2) is 35.2 Å². The third-order valence-corrected chi connectivity index (χ3v) is 1.42. The zero-order valence-electron chi connectivity index (χ0n) is 6.37. The van der Waals surface area contributed by atoms with Crippen LogP contribution < -0.4 is 0 Å². The maximum absolute atomic E-state index is 6.94. The first-order chi connectivity index (χ1) is 4.79. The minimum absolute atomic E-state index is 0.817. The van der Waals surface area contributed by atoms with E-state index in [9.17, 15) is 0 Å². The number of hydrogen-bond donors (Lipinski definition) is 0. The van der Waals surface area contributed by atoms with Gasteiger partial charge in [0.15, 0.2) is 0 Å². The van der Waals surface area contributed by atoms with Crippen molar-refractivity contribution in [2.45, 2.75) is 4.90 Å². The van der Waals surface area contributed by atoms with E-state index in [2.05, 4.69) is 0 Å². The van der Waals surface area contributed by atoms with Gasteiger partial charge >= 0.3 is 0 Å². The van der Waals surface area contributed by atoms with Crippen LogP contribution in [-0.2, 0) is 0 Å². The van der Waals surface area contributed by atoms with Crippen molar-refractivity contribution >= 4 is 11.8 Å². The summed E-state index contributed by atoms with van der Waals surface area (Å²) < 4.78 is 13.9. The molecule has 0 aliphatic heterocycles. The van der Waals surface area contributed by atoms with Crippen molar-refractivity contribution in [1.82, 2.24) is 0 Å². The Morgan fingerprint density at radius 2 is 2.12 bits per heavy atom. The summed E-state index contributed by atoms with van der Waals surface area (Å²) in [6.07, 6.45) is -0.817. The van der Waals surface area contributed by atoms with Gasteiger partial charge in [-0.1, -0.05) is 18.2 Å². The van der Waals surface area contributed by atoms with E-state index < -0.39 is 6.21 Å². The van der Waals surface area contributed by atoms with Gasteiger partial charge in [-0.15, -0.1) is 11.8 Å². The average molecular weight is 126 g/mol. The highest BCUT2D eigenvalue weighted by atomic mass is 32.2. The fraction of sp³-hybridized carbons (Fsp3) is 0.143. The Labute approximate surface area is 56.7 Å². The molecule has 0 amide bonds. The Kier molecular flexibility index (Phi) is 1.24. The molecule has 1 aromatic carbocycles. The van der Waals surface area contributed by atoms with Gasteiger partial charge in [0.05, 0.1) is 0 Å². The minimum atomic E-state index is -0.817. The van der Waals surface area contributed by atoms with Gasteiger partial charge in [0, 0.05) is 7.64 Å². The van der Waals surface area contributed by atoms with Crippen molar-refractivity contribution in [1.29, 1.82) is 0 Å². The van der Waals surface area contributed by atoms with E-state index in [1.54, 1.807) is 0 Å². The van der Waals surface area contributed by atoms with Crippen LogP contribution in [0.4, 0.5) is 0 Å². The van der Waals surface area contributed by atoms with Gasteiger partial charge in [0.1, 0.15) is 0 Å². The van der Waals surface area contributed by atoms with E-state index in [-0.39, 0.29) is 0 Å². The number of thioether (sulfide) groups is 1. The lowest BCUT2D eigenvalue weighted by Crippen LogP contribution is -1.62. The first-order valence-electron chi connectivity index (χ1n) is 3.51. The average Bonchev–Trinajstić information content (AvgIpc) is 1.88. The molecule has 0 unspecified atom stereocenters. The molecule has 0 N–H and O–H groups in total. The maximum Gasteiger partial charge on any atom is 0.0348 e. The summed E-state index contributed by atoms with van der Waals surface area (Å²) in [7, 11) is 0. The summed E-state index contributed by atoms with van der Waals surface area (Å²) >= 11 is 1.23. The highest BCUT2D eigenvalue weighted by Crippen LogP contribution is 2.11. The number of hydrogen-bond acceptors (Lipinski definition) is 1. The summed E-state index contributed by atoms with van der Waals surface area (Å²) in [6.45, 7) is 0. The lowest BCUT2D eigenvalue weighted by atomic mass is 10.4. The molecule has 1 rings (SSSR count). The lowest BCUT2D eigenvalue weighted by Gasteiger charge is -1.89. The van der Waals surface area contributed by atoms with Crippen LogP contribution in [0.3, 0.4) is 0 Å². The largest absolute Gasteiger partial charge is 0.130 e. The molecule has 0 spiro atoms.